The lowest BCUT2D eigenvalue weighted by atomic mass is 10.6. The summed E-state index contributed by atoms with van der Waals surface area (Å²) >= 11 is 0. The van der Waals surface area contributed by atoms with Crippen LogP contribution >= 0.6 is 0 Å². The van der Waals surface area contributed by atoms with Gasteiger partial charge < -0.3 is 0 Å². The Morgan fingerprint density at radius 3 is 2.00 bits per heavy atom. The van der Waals surface area contributed by atoms with E-state index in [0.29, 0.717) is 13.1 Å². The summed E-state index contributed by atoms with van der Waals surface area (Å²) in [5.74, 6) is 5.44. The van der Waals surface area contributed by atoms with Crippen molar-refractivity contribution in [2.24, 2.45) is 9.98 Å². The molecule has 0 radical (unpaired) electrons. The van der Waals surface area contributed by atoms with E-state index in [2.05, 4.69) is 21.7 Å². The van der Waals surface area contributed by atoms with Crippen LogP contribution in [0.5, 0.6) is 0 Å². The van der Waals surface area contributed by atoms with Crippen molar-refractivity contribution in [3.8, 4) is 0 Å². The quantitative estimate of drug-likeness (QED) is 0.428. The van der Waals surface area contributed by atoms with E-state index in [0.717, 1.165) is 0 Å². The fraction of sp³-hybridized carbons (Fsp3) is 0.333. The van der Waals surface area contributed by atoms with Crippen LogP contribution in [0.3, 0.4) is 0 Å². The Bertz CT molecular complexity index is 145. The van der Waals surface area contributed by atoms with Gasteiger partial charge in [0.25, 0.3) is 0 Å². The molecule has 1 heterocycles. The number of hydrogen-bond donors (Lipinski definition) is 0. The molecule has 0 amide bonds. The van der Waals surface area contributed by atoms with Gasteiger partial charge in [-0.05, 0) is 23.9 Å². The fourth-order valence-electron chi connectivity index (χ4n) is 0.407. The average molecular weight is 106 g/mol. The molecule has 0 aromatic heterocycles. The van der Waals surface area contributed by atoms with Gasteiger partial charge in [-0.2, -0.15) is 0 Å². The highest BCUT2D eigenvalue weighted by atomic mass is 14.7. The lowest BCUT2D eigenvalue weighted by molar-refractivity contribution is 1.23. The van der Waals surface area contributed by atoms with Gasteiger partial charge in [0.2, 0.25) is 0 Å². The normalized spacial score (nSPS) is 16.0. The zero-order chi connectivity index (χ0) is 5.66. The standard InChI is InChI=1S/C6H6N2/c1-3-7-5-2-6-8-4-1/h1-2H,3,6H2. The first kappa shape index (κ1) is 5.04. The second kappa shape index (κ2) is 2.98. The van der Waals surface area contributed by atoms with Gasteiger partial charge in [-0.3, -0.25) is 0 Å². The van der Waals surface area contributed by atoms with Crippen LogP contribution in [-0.4, -0.2) is 24.8 Å². The maximum Gasteiger partial charge on any atom is 0.0753 e. The van der Waals surface area contributed by atoms with Crippen molar-refractivity contribution < 1.29 is 0 Å². The molecule has 0 atom stereocenters. The van der Waals surface area contributed by atoms with Crippen LogP contribution in [0.4, 0.5) is 0 Å². The molecule has 40 valence electrons. The van der Waals surface area contributed by atoms with Crippen LogP contribution in [0, 0.1) is 0 Å². The van der Waals surface area contributed by atoms with E-state index < -0.39 is 0 Å². The summed E-state index contributed by atoms with van der Waals surface area (Å²) in [6.45, 7) is 1.31. The summed E-state index contributed by atoms with van der Waals surface area (Å²) in [6, 6.07) is 0. The van der Waals surface area contributed by atoms with Crippen LogP contribution < -0.4 is 0 Å². The molecule has 0 aromatic rings. The summed E-state index contributed by atoms with van der Waals surface area (Å²) in [5, 5.41) is 0. The Balaban J connectivity index is 2.67. The number of aliphatic imine (C=N–C) groups is 2. The predicted molar refractivity (Wildman–Crippen MR) is 33.7 cm³/mol. The van der Waals surface area contributed by atoms with Crippen molar-refractivity contribution in [1.29, 1.82) is 0 Å². The summed E-state index contributed by atoms with van der Waals surface area (Å²) in [4.78, 5) is 7.69. The zero-order valence-electron chi connectivity index (χ0n) is 4.46. The van der Waals surface area contributed by atoms with Gasteiger partial charge in [0, 0.05) is 0 Å². The summed E-state index contributed by atoms with van der Waals surface area (Å²) in [6.07, 6.45) is 3.56. The Kier molecular flexibility index (Phi) is 1.88. The summed E-state index contributed by atoms with van der Waals surface area (Å²) in [7, 11) is 0. The smallest absolute Gasteiger partial charge is 0.0753 e. The molecule has 2 heteroatoms. The molecule has 0 bridgehead atoms. The molecule has 0 unspecified atom stereocenters. The van der Waals surface area contributed by atoms with Crippen molar-refractivity contribution in [2.75, 3.05) is 13.1 Å². The lowest BCUT2D eigenvalue weighted by Crippen LogP contribution is -1.77. The molecule has 0 saturated carbocycles. The molecule has 0 N–H and O–H groups in total. The summed E-state index contributed by atoms with van der Waals surface area (Å²) < 4.78 is 0. The van der Waals surface area contributed by atoms with Gasteiger partial charge in [0.05, 0.1) is 13.1 Å². The van der Waals surface area contributed by atoms with Crippen LogP contribution in [0.1, 0.15) is 0 Å². The minimum Gasteiger partial charge on any atom is -0.239 e. The van der Waals surface area contributed by atoms with E-state index in [1.807, 2.05) is 0 Å². The van der Waals surface area contributed by atoms with Crippen molar-refractivity contribution in [3.05, 3.63) is 12.2 Å². The number of rotatable bonds is 0. The zero-order valence-corrected chi connectivity index (χ0v) is 4.46. The molecule has 8 heavy (non-hydrogen) atoms. The number of hydrogen-bond acceptors (Lipinski definition) is 2. The van der Waals surface area contributed by atoms with Gasteiger partial charge in [-0.1, -0.05) is 0 Å². The van der Waals surface area contributed by atoms with E-state index in [1.54, 1.807) is 12.2 Å². The van der Waals surface area contributed by atoms with E-state index in [1.165, 1.54) is 0 Å². The molecule has 0 aliphatic carbocycles. The van der Waals surface area contributed by atoms with Crippen LogP contribution in [-0.2, 0) is 0 Å². The third-order valence-corrected chi connectivity index (χ3v) is 0.730. The highest BCUT2D eigenvalue weighted by molar-refractivity contribution is 5.57. The molecule has 0 saturated heterocycles. The molecule has 2 nitrogen and oxygen atoms in total. The van der Waals surface area contributed by atoms with Crippen molar-refractivity contribution in [1.82, 2.24) is 0 Å². The van der Waals surface area contributed by atoms with Gasteiger partial charge in [0.1, 0.15) is 0 Å². The first-order chi connectivity index (χ1) is 4.00. The van der Waals surface area contributed by atoms with E-state index in [4.69, 9.17) is 0 Å². The minimum absolute atomic E-state index is 0.653. The SMILES string of the molecule is C1=CCN=C=CCN=1. The van der Waals surface area contributed by atoms with Gasteiger partial charge >= 0.3 is 0 Å². The van der Waals surface area contributed by atoms with Gasteiger partial charge in [0.15, 0.2) is 0 Å². The third kappa shape index (κ3) is 1.57. The molecule has 1 aliphatic rings. The fourth-order valence-corrected chi connectivity index (χ4v) is 0.407. The van der Waals surface area contributed by atoms with E-state index in [-0.39, 0.29) is 0 Å². The van der Waals surface area contributed by atoms with Crippen LogP contribution in [0.25, 0.3) is 0 Å². The van der Waals surface area contributed by atoms with Crippen molar-refractivity contribution in [3.63, 3.8) is 0 Å². The molecule has 0 spiro atoms. The molecular formula is C6H6N2. The lowest BCUT2D eigenvalue weighted by Gasteiger charge is -1.78. The Labute approximate surface area is 48.0 Å². The molecule has 1 rings (SSSR count). The van der Waals surface area contributed by atoms with Crippen molar-refractivity contribution in [2.45, 2.75) is 0 Å². The minimum atomic E-state index is 0.653. The first-order valence-electron chi connectivity index (χ1n) is 2.47. The maximum atomic E-state index is 3.85. The topological polar surface area (TPSA) is 24.7 Å². The van der Waals surface area contributed by atoms with Gasteiger partial charge in [-0.25, -0.2) is 9.98 Å². The Hall–Kier alpha value is -1.10. The monoisotopic (exact) mass is 106 g/mol. The number of nitrogens with zero attached hydrogens (tertiary/aromatic N) is 2. The molecular weight excluding hydrogens is 100 g/mol. The molecule has 0 aromatic carbocycles. The predicted octanol–water partition coefficient (Wildman–Crippen LogP) is 0.452. The second-order valence-electron chi connectivity index (χ2n) is 1.35. The first-order valence-corrected chi connectivity index (χ1v) is 2.47. The second-order valence-corrected chi connectivity index (χ2v) is 1.35. The highest BCUT2D eigenvalue weighted by Gasteiger charge is 1.70. The third-order valence-electron chi connectivity index (χ3n) is 0.730. The maximum absolute atomic E-state index is 3.85. The van der Waals surface area contributed by atoms with E-state index >= 15 is 0 Å². The summed E-state index contributed by atoms with van der Waals surface area (Å²) in [5.41, 5.74) is 0. The molecule has 1 aliphatic heterocycles. The van der Waals surface area contributed by atoms with E-state index in [9.17, 15) is 0 Å². The van der Waals surface area contributed by atoms with Crippen LogP contribution in [0.2, 0.25) is 0 Å². The van der Waals surface area contributed by atoms with Crippen LogP contribution in [0.15, 0.2) is 22.1 Å². The highest BCUT2D eigenvalue weighted by Crippen LogP contribution is 1.72. The van der Waals surface area contributed by atoms with Crippen molar-refractivity contribution >= 4 is 11.7 Å². The Morgan fingerprint density at radius 1 is 1.00 bits per heavy atom. The Morgan fingerprint density at radius 2 is 1.50 bits per heavy atom. The largest absolute Gasteiger partial charge is 0.239 e. The molecule has 0 fully saturated rings. The average Bonchev–Trinajstić information content (AvgIpc) is 1.62. The van der Waals surface area contributed by atoms with Gasteiger partial charge in [-0.15, -0.1) is 0 Å².